The molecule has 0 aliphatic heterocycles. The van der Waals surface area contributed by atoms with Crippen molar-refractivity contribution in [3.8, 4) is 5.69 Å². The molecule has 1 N–H and O–H groups in total. The van der Waals surface area contributed by atoms with Crippen molar-refractivity contribution in [2.75, 3.05) is 5.32 Å². The predicted molar refractivity (Wildman–Crippen MR) is 119 cm³/mol. The number of hydrogen-bond donors (Lipinski definition) is 1. The average Bonchev–Trinajstić information content (AvgIpc) is 3.07. The Morgan fingerprint density at radius 1 is 0.938 bits per heavy atom. The summed E-state index contributed by atoms with van der Waals surface area (Å²) in [4.78, 5) is 0. The third-order valence-corrected chi connectivity index (χ3v) is 5.70. The Morgan fingerprint density at radius 3 is 2.34 bits per heavy atom. The number of nitrogens with one attached hydrogen (secondary N) is 1. The molecular formula is C24H24F3N5. The third kappa shape index (κ3) is 3.92. The second-order valence-corrected chi connectivity index (χ2v) is 8.09. The topological polar surface area (TPSA) is 55.6 Å². The summed E-state index contributed by atoms with van der Waals surface area (Å²) in [6.45, 7) is 9.11. The van der Waals surface area contributed by atoms with Crippen molar-refractivity contribution in [3.05, 3.63) is 76.2 Å². The van der Waals surface area contributed by atoms with E-state index in [1.807, 2.05) is 56.6 Å². The quantitative estimate of drug-likeness (QED) is 0.409. The van der Waals surface area contributed by atoms with Crippen LogP contribution in [0.25, 0.3) is 16.5 Å². The van der Waals surface area contributed by atoms with Gasteiger partial charge in [-0.2, -0.15) is 23.4 Å². The van der Waals surface area contributed by atoms with E-state index in [9.17, 15) is 13.2 Å². The minimum Gasteiger partial charge on any atom is -0.362 e. The number of aromatic nitrogens is 4. The lowest BCUT2D eigenvalue weighted by Gasteiger charge is -2.21. The van der Waals surface area contributed by atoms with Crippen molar-refractivity contribution in [3.63, 3.8) is 0 Å². The highest BCUT2D eigenvalue weighted by Gasteiger charge is 2.33. The summed E-state index contributed by atoms with van der Waals surface area (Å²) >= 11 is 0. The molecule has 2 aromatic heterocycles. The minimum atomic E-state index is -4.40. The Labute approximate surface area is 184 Å². The van der Waals surface area contributed by atoms with Crippen LogP contribution >= 0.6 is 0 Å². The highest BCUT2D eigenvalue weighted by atomic mass is 19.4. The molecule has 0 aliphatic carbocycles. The first kappa shape index (κ1) is 21.8. The first-order valence-electron chi connectivity index (χ1n) is 10.3. The smallest absolute Gasteiger partial charge is 0.362 e. The van der Waals surface area contributed by atoms with E-state index in [1.54, 1.807) is 6.07 Å². The number of aryl methyl sites for hydroxylation is 3. The number of hydrogen-bond acceptors (Lipinski definition) is 4. The van der Waals surface area contributed by atoms with Crippen LogP contribution in [-0.2, 0) is 6.18 Å². The fourth-order valence-corrected chi connectivity index (χ4v) is 4.12. The normalized spacial score (nSPS) is 12.9. The molecule has 0 saturated carbocycles. The molecule has 166 valence electrons. The van der Waals surface area contributed by atoms with Gasteiger partial charge in [-0.3, -0.25) is 0 Å². The van der Waals surface area contributed by atoms with E-state index >= 15 is 0 Å². The zero-order valence-electron chi connectivity index (χ0n) is 18.5. The van der Waals surface area contributed by atoms with Gasteiger partial charge in [-0.25, -0.2) is 4.68 Å². The van der Waals surface area contributed by atoms with Gasteiger partial charge in [-0.05, 0) is 70.0 Å². The standard InChI is InChI=1S/C24H24F3N5/c1-13-11-14(2)32(31-13)18-9-10-20-17(5)29-30-23(21(20)12-18)28-16(4)19-7-6-8-22(15(19)3)24(25,26)27/h6-12,16H,1-5H3,(H,28,30)/t16-/m1/s1. The maximum Gasteiger partial charge on any atom is 0.416 e. The number of benzene rings is 2. The summed E-state index contributed by atoms with van der Waals surface area (Å²) in [6.07, 6.45) is -4.40. The molecule has 8 heteroatoms. The van der Waals surface area contributed by atoms with Crippen LogP contribution in [0.4, 0.5) is 19.0 Å². The Hall–Kier alpha value is -3.42. The fraction of sp³-hybridized carbons (Fsp3) is 0.292. The SMILES string of the molecule is Cc1cc(C)n(-c2ccc3c(C)nnc(N[C@H](C)c4cccc(C(F)(F)F)c4C)c3c2)n1. The van der Waals surface area contributed by atoms with Gasteiger partial charge in [0.25, 0.3) is 0 Å². The van der Waals surface area contributed by atoms with Crippen LogP contribution in [0.1, 0.15) is 46.7 Å². The Bertz CT molecular complexity index is 1310. The summed E-state index contributed by atoms with van der Waals surface area (Å²) in [7, 11) is 0. The first-order chi connectivity index (χ1) is 15.1. The molecule has 1 atom stereocenters. The zero-order valence-corrected chi connectivity index (χ0v) is 18.5. The molecule has 4 aromatic rings. The predicted octanol–water partition coefficient (Wildman–Crippen LogP) is 6.24. The number of alkyl halides is 3. The van der Waals surface area contributed by atoms with Gasteiger partial charge in [0, 0.05) is 16.5 Å². The summed E-state index contributed by atoms with van der Waals surface area (Å²) in [5.41, 5.74) is 3.70. The summed E-state index contributed by atoms with van der Waals surface area (Å²) in [5, 5.41) is 18.1. The van der Waals surface area contributed by atoms with Gasteiger partial charge in [0.2, 0.25) is 0 Å². The molecular weight excluding hydrogens is 415 g/mol. The monoisotopic (exact) mass is 439 g/mol. The number of anilines is 1. The maximum atomic E-state index is 13.4. The molecule has 0 aliphatic rings. The van der Waals surface area contributed by atoms with Crippen LogP contribution in [0, 0.1) is 27.7 Å². The molecule has 0 unspecified atom stereocenters. The molecule has 0 fully saturated rings. The molecule has 32 heavy (non-hydrogen) atoms. The van der Waals surface area contributed by atoms with Gasteiger partial charge in [0.1, 0.15) is 0 Å². The van der Waals surface area contributed by atoms with Gasteiger partial charge in [-0.1, -0.05) is 18.2 Å². The van der Waals surface area contributed by atoms with E-state index in [-0.39, 0.29) is 5.56 Å². The molecule has 4 rings (SSSR count). The van der Waals surface area contributed by atoms with Crippen LogP contribution in [0.5, 0.6) is 0 Å². The second-order valence-electron chi connectivity index (χ2n) is 8.09. The van der Waals surface area contributed by atoms with E-state index < -0.39 is 17.8 Å². The summed E-state index contributed by atoms with van der Waals surface area (Å²) in [6, 6.07) is 11.7. The molecule has 0 radical (unpaired) electrons. The van der Waals surface area contributed by atoms with Gasteiger partial charge < -0.3 is 5.32 Å². The van der Waals surface area contributed by atoms with Crippen molar-refractivity contribution >= 4 is 16.6 Å². The molecule has 0 amide bonds. The lowest BCUT2D eigenvalue weighted by molar-refractivity contribution is -0.138. The molecule has 5 nitrogen and oxygen atoms in total. The minimum absolute atomic E-state index is 0.202. The van der Waals surface area contributed by atoms with Crippen LogP contribution in [0.3, 0.4) is 0 Å². The van der Waals surface area contributed by atoms with Crippen LogP contribution < -0.4 is 5.32 Å². The molecule has 0 saturated heterocycles. The van der Waals surface area contributed by atoms with Crippen molar-refractivity contribution < 1.29 is 13.2 Å². The first-order valence-corrected chi connectivity index (χ1v) is 10.3. The molecule has 0 spiro atoms. The van der Waals surface area contributed by atoms with Crippen molar-refractivity contribution in [2.45, 2.75) is 46.8 Å². The van der Waals surface area contributed by atoms with E-state index in [1.165, 1.54) is 13.0 Å². The molecule has 0 bridgehead atoms. The molecule has 2 aromatic carbocycles. The lowest BCUT2D eigenvalue weighted by atomic mass is 9.97. The van der Waals surface area contributed by atoms with E-state index in [0.29, 0.717) is 11.4 Å². The van der Waals surface area contributed by atoms with Gasteiger partial charge in [-0.15, -0.1) is 5.10 Å². The summed E-state index contributed by atoms with van der Waals surface area (Å²) in [5.74, 6) is 0.512. The van der Waals surface area contributed by atoms with Crippen LogP contribution in [0.15, 0.2) is 42.5 Å². The fourth-order valence-electron chi connectivity index (χ4n) is 4.12. The van der Waals surface area contributed by atoms with Crippen molar-refractivity contribution in [2.24, 2.45) is 0 Å². The lowest BCUT2D eigenvalue weighted by Crippen LogP contribution is -2.14. The Kier molecular flexibility index (Phi) is 5.40. The third-order valence-electron chi connectivity index (χ3n) is 5.70. The number of rotatable bonds is 4. The number of halogens is 3. The van der Waals surface area contributed by atoms with E-state index in [0.717, 1.165) is 39.6 Å². The van der Waals surface area contributed by atoms with Crippen LogP contribution in [0.2, 0.25) is 0 Å². The van der Waals surface area contributed by atoms with Gasteiger partial charge >= 0.3 is 6.18 Å². The van der Waals surface area contributed by atoms with Crippen molar-refractivity contribution in [1.82, 2.24) is 20.0 Å². The average molecular weight is 439 g/mol. The number of fused-ring (bicyclic) bond motifs is 1. The maximum absolute atomic E-state index is 13.4. The van der Waals surface area contributed by atoms with E-state index in [4.69, 9.17) is 0 Å². The van der Waals surface area contributed by atoms with Gasteiger partial charge in [0.05, 0.1) is 28.7 Å². The van der Waals surface area contributed by atoms with Gasteiger partial charge in [0.15, 0.2) is 5.82 Å². The largest absolute Gasteiger partial charge is 0.416 e. The Morgan fingerprint density at radius 2 is 1.69 bits per heavy atom. The Balaban J connectivity index is 1.77. The van der Waals surface area contributed by atoms with E-state index in [2.05, 4.69) is 20.6 Å². The summed E-state index contributed by atoms with van der Waals surface area (Å²) < 4.78 is 41.9. The van der Waals surface area contributed by atoms with Crippen LogP contribution in [-0.4, -0.2) is 20.0 Å². The van der Waals surface area contributed by atoms with Crippen molar-refractivity contribution in [1.29, 1.82) is 0 Å². The number of nitrogens with zero attached hydrogens (tertiary/aromatic N) is 4. The zero-order chi connectivity index (χ0) is 23.2. The molecule has 2 heterocycles. The highest BCUT2D eigenvalue weighted by molar-refractivity contribution is 5.94. The highest BCUT2D eigenvalue weighted by Crippen LogP contribution is 2.36. The second kappa shape index (κ2) is 7.93.